The molecule has 4 heteroatoms. The summed E-state index contributed by atoms with van der Waals surface area (Å²) in [4.78, 5) is 14.0. The average molecular weight is 339 g/mol. The second-order valence-electron chi connectivity index (χ2n) is 6.66. The minimum Gasteiger partial charge on any atom is -0.372 e. The molecule has 1 aliphatic heterocycles. The van der Waals surface area contributed by atoms with Crippen LogP contribution in [0.4, 0.5) is 0 Å². The Bertz CT molecular complexity index is 822. The first kappa shape index (κ1) is 15.3. The van der Waals surface area contributed by atoms with Crippen LogP contribution in [0.5, 0.6) is 0 Å². The highest BCUT2D eigenvalue weighted by molar-refractivity contribution is 6.30. The topological polar surface area (TPSA) is 46.3 Å². The molecule has 1 aliphatic carbocycles. The van der Waals surface area contributed by atoms with Crippen molar-refractivity contribution < 1.29 is 4.79 Å². The molecule has 2 aromatic rings. The number of fused-ring (bicyclic) bond motifs is 1. The molecular formula is C20H19ClN2O. The number of carbonyl (C=O) groups is 1. The van der Waals surface area contributed by atoms with Crippen molar-refractivity contribution >= 4 is 23.1 Å². The number of hydrogen-bond donors (Lipinski definition) is 1. The molecule has 2 aromatic carbocycles. The lowest BCUT2D eigenvalue weighted by Gasteiger charge is -2.29. The van der Waals surface area contributed by atoms with Gasteiger partial charge in [0.15, 0.2) is 0 Å². The molecule has 0 spiro atoms. The van der Waals surface area contributed by atoms with E-state index < -0.39 is 5.91 Å². The number of nitrogens with zero attached hydrogens (tertiary/aromatic N) is 1. The average Bonchev–Trinajstić information content (AvgIpc) is 3.38. The Balaban J connectivity index is 1.79. The molecule has 1 fully saturated rings. The normalized spacial score (nSPS) is 16.5. The van der Waals surface area contributed by atoms with Crippen LogP contribution in [0.15, 0.2) is 48.7 Å². The Kier molecular flexibility index (Phi) is 3.81. The van der Waals surface area contributed by atoms with E-state index in [2.05, 4.69) is 11.1 Å². The number of hydrogen-bond acceptors (Lipinski definition) is 2. The van der Waals surface area contributed by atoms with E-state index in [9.17, 15) is 4.79 Å². The van der Waals surface area contributed by atoms with E-state index in [1.54, 1.807) is 0 Å². The third-order valence-electron chi connectivity index (χ3n) is 4.71. The second-order valence-corrected chi connectivity index (χ2v) is 7.10. The lowest BCUT2D eigenvalue weighted by molar-refractivity contribution is 0.1000. The van der Waals surface area contributed by atoms with Gasteiger partial charge in [-0.3, -0.25) is 4.79 Å². The summed E-state index contributed by atoms with van der Waals surface area (Å²) >= 11 is 6.03. The van der Waals surface area contributed by atoms with E-state index in [1.807, 2.05) is 42.5 Å². The van der Waals surface area contributed by atoms with Crippen LogP contribution in [-0.4, -0.2) is 17.4 Å². The van der Waals surface area contributed by atoms with Gasteiger partial charge in [-0.2, -0.15) is 0 Å². The molecule has 2 aliphatic rings. The van der Waals surface area contributed by atoms with Crippen molar-refractivity contribution in [2.24, 2.45) is 11.7 Å². The largest absolute Gasteiger partial charge is 0.372 e. The zero-order chi connectivity index (χ0) is 16.7. The number of halogens is 1. The molecule has 0 aromatic heterocycles. The molecule has 3 nitrogen and oxygen atoms in total. The third kappa shape index (κ3) is 3.04. The summed E-state index contributed by atoms with van der Waals surface area (Å²) in [5.41, 5.74) is 10.5. The summed E-state index contributed by atoms with van der Waals surface area (Å²) in [5, 5.41) is 0.719. The lowest BCUT2D eigenvalue weighted by atomic mass is 9.90. The van der Waals surface area contributed by atoms with Crippen molar-refractivity contribution in [1.82, 2.24) is 4.90 Å². The molecule has 0 atom stereocenters. The maximum Gasteiger partial charge on any atom is 0.248 e. The fourth-order valence-electron chi connectivity index (χ4n) is 3.24. The van der Waals surface area contributed by atoms with Gasteiger partial charge in [-0.1, -0.05) is 29.8 Å². The van der Waals surface area contributed by atoms with E-state index in [1.165, 1.54) is 18.4 Å². The van der Waals surface area contributed by atoms with Crippen LogP contribution in [0.3, 0.4) is 0 Å². The minimum atomic E-state index is -0.395. The summed E-state index contributed by atoms with van der Waals surface area (Å²) in [6.07, 6.45) is 4.87. The summed E-state index contributed by atoms with van der Waals surface area (Å²) in [7, 11) is 0. The molecule has 24 heavy (non-hydrogen) atoms. The number of rotatable bonds is 4. The number of carbonyl (C=O) groups excluding carboxylic acids is 1. The molecule has 0 radical (unpaired) electrons. The van der Waals surface area contributed by atoms with Gasteiger partial charge in [0, 0.05) is 35.4 Å². The monoisotopic (exact) mass is 338 g/mol. The number of primary amides is 1. The van der Waals surface area contributed by atoms with Gasteiger partial charge in [-0.15, -0.1) is 0 Å². The van der Waals surface area contributed by atoms with Crippen LogP contribution in [0.2, 0.25) is 5.02 Å². The second kappa shape index (κ2) is 5.99. The summed E-state index contributed by atoms with van der Waals surface area (Å²) < 4.78 is 0. The predicted molar refractivity (Wildman–Crippen MR) is 96.6 cm³/mol. The van der Waals surface area contributed by atoms with E-state index in [0.29, 0.717) is 5.56 Å². The van der Waals surface area contributed by atoms with Crippen molar-refractivity contribution in [3.63, 3.8) is 0 Å². The molecule has 1 amide bonds. The highest BCUT2D eigenvalue weighted by Gasteiger charge is 2.26. The number of nitrogens with two attached hydrogens (primary N) is 1. The van der Waals surface area contributed by atoms with Gasteiger partial charge in [-0.05, 0) is 59.7 Å². The zero-order valence-corrected chi connectivity index (χ0v) is 14.1. The number of amides is 1. The molecule has 122 valence electrons. The standard InChI is InChI=1S/C20H19ClN2O/c21-17-7-5-14(6-8-17)19-12-23(10-13-1-2-13)11-16-4-3-15(20(22)24)9-18(16)19/h3-9,12-13H,1-2,10-11H2,(H2,22,24). The predicted octanol–water partition coefficient (Wildman–Crippen LogP) is 4.05. The van der Waals surface area contributed by atoms with Crippen molar-refractivity contribution in [1.29, 1.82) is 0 Å². The van der Waals surface area contributed by atoms with Crippen LogP contribution >= 0.6 is 11.6 Å². The molecule has 0 saturated heterocycles. The van der Waals surface area contributed by atoms with E-state index in [4.69, 9.17) is 17.3 Å². The summed E-state index contributed by atoms with van der Waals surface area (Å²) in [5.74, 6) is 0.424. The molecule has 4 rings (SSSR count). The SMILES string of the molecule is NC(=O)c1ccc2c(c1)C(c1ccc(Cl)cc1)=CN(CC1CC1)C2. The minimum absolute atomic E-state index is 0.395. The van der Waals surface area contributed by atoms with Gasteiger partial charge in [0.05, 0.1) is 0 Å². The maximum absolute atomic E-state index is 11.6. The van der Waals surface area contributed by atoms with Gasteiger partial charge < -0.3 is 10.6 Å². The highest BCUT2D eigenvalue weighted by Crippen LogP contribution is 2.36. The van der Waals surface area contributed by atoms with Gasteiger partial charge in [0.1, 0.15) is 0 Å². The molecular weight excluding hydrogens is 320 g/mol. The van der Waals surface area contributed by atoms with Gasteiger partial charge >= 0.3 is 0 Å². The first-order valence-corrected chi connectivity index (χ1v) is 8.63. The first-order valence-electron chi connectivity index (χ1n) is 8.25. The van der Waals surface area contributed by atoms with E-state index in [-0.39, 0.29) is 0 Å². The van der Waals surface area contributed by atoms with Crippen LogP contribution < -0.4 is 5.73 Å². The Morgan fingerprint density at radius 2 is 1.92 bits per heavy atom. The van der Waals surface area contributed by atoms with Crippen molar-refractivity contribution in [2.45, 2.75) is 19.4 Å². The van der Waals surface area contributed by atoms with Gasteiger partial charge in [0.2, 0.25) is 5.91 Å². The molecule has 0 bridgehead atoms. The Hall–Kier alpha value is -2.26. The van der Waals surface area contributed by atoms with Crippen molar-refractivity contribution in [3.05, 3.63) is 75.9 Å². The molecule has 0 unspecified atom stereocenters. The van der Waals surface area contributed by atoms with Crippen LogP contribution in [-0.2, 0) is 6.54 Å². The molecule has 1 heterocycles. The van der Waals surface area contributed by atoms with E-state index >= 15 is 0 Å². The smallest absolute Gasteiger partial charge is 0.248 e. The number of benzene rings is 2. The van der Waals surface area contributed by atoms with Crippen molar-refractivity contribution in [3.8, 4) is 0 Å². The quantitative estimate of drug-likeness (QED) is 0.914. The zero-order valence-electron chi connectivity index (χ0n) is 13.3. The summed E-state index contributed by atoms with van der Waals surface area (Å²) in [6.45, 7) is 1.97. The lowest BCUT2D eigenvalue weighted by Crippen LogP contribution is -2.24. The van der Waals surface area contributed by atoms with Crippen molar-refractivity contribution in [2.75, 3.05) is 6.54 Å². The fraction of sp³-hybridized carbons (Fsp3) is 0.250. The highest BCUT2D eigenvalue weighted by atomic mass is 35.5. The summed E-state index contributed by atoms with van der Waals surface area (Å²) in [6, 6.07) is 13.6. The fourth-order valence-corrected chi connectivity index (χ4v) is 3.37. The Morgan fingerprint density at radius 1 is 1.17 bits per heavy atom. The maximum atomic E-state index is 11.6. The Morgan fingerprint density at radius 3 is 2.58 bits per heavy atom. The van der Waals surface area contributed by atoms with Crippen LogP contribution in [0, 0.1) is 5.92 Å². The van der Waals surface area contributed by atoms with E-state index in [0.717, 1.165) is 40.7 Å². The Labute approximate surface area is 146 Å². The first-order chi connectivity index (χ1) is 11.6. The van der Waals surface area contributed by atoms with Gasteiger partial charge in [0.25, 0.3) is 0 Å². The molecule has 2 N–H and O–H groups in total. The van der Waals surface area contributed by atoms with Gasteiger partial charge in [-0.25, -0.2) is 0 Å². The van der Waals surface area contributed by atoms with Crippen LogP contribution in [0.25, 0.3) is 5.57 Å². The third-order valence-corrected chi connectivity index (χ3v) is 4.97. The van der Waals surface area contributed by atoms with Crippen LogP contribution in [0.1, 0.15) is 39.9 Å². The molecule has 1 saturated carbocycles.